The number of nitrogens with zero attached hydrogens (tertiary/aromatic N) is 1. The Morgan fingerprint density at radius 3 is 3.23 bits per heavy atom. The van der Waals surface area contributed by atoms with Crippen molar-refractivity contribution in [2.24, 2.45) is 0 Å². The average Bonchev–Trinajstić information content (AvgIpc) is 2.57. The molecule has 1 aliphatic heterocycles. The van der Waals surface area contributed by atoms with Gasteiger partial charge < -0.3 is 10.6 Å². The summed E-state index contributed by atoms with van der Waals surface area (Å²) in [7, 11) is 0. The molecule has 0 amide bonds. The molecule has 2 N–H and O–H groups in total. The van der Waals surface area contributed by atoms with Gasteiger partial charge in [0.2, 0.25) is 0 Å². The molecule has 2 heterocycles. The first-order valence-electron chi connectivity index (χ1n) is 4.74. The largest absolute Gasteiger partial charge is 0.366 e. The fourth-order valence-corrected chi connectivity index (χ4v) is 1.60. The fraction of sp³-hybridized carbons (Fsp3) is 0.500. The van der Waals surface area contributed by atoms with E-state index in [2.05, 4.69) is 28.6 Å². The second kappa shape index (κ2) is 3.75. The first kappa shape index (κ1) is 8.51. The van der Waals surface area contributed by atoms with Gasteiger partial charge in [0.05, 0.1) is 0 Å². The summed E-state index contributed by atoms with van der Waals surface area (Å²) in [5, 5.41) is 6.72. The third kappa shape index (κ3) is 2.18. The van der Waals surface area contributed by atoms with Gasteiger partial charge in [-0.2, -0.15) is 0 Å². The lowest BCUT2D eigenvalue weighted by Crippen LogP contribution is -2.22. The van der Waals surface area contributed by atoms with Crippen molar-refractivity contribution in [3.8, 4) is 0 Å². The highest BCUT2D eigenvalue weighted by Crippen LogP contribution is 2.09. The molecule has 1 aromatic heterocycles. The zero-order valence-electron chi connectivity index (χ0n) is 7.88. The van der Waals surface area contributed by atoms with Crippen molar-refractivity contribution in [1.82, 2.24) is 10.3 Å². The summed E-state index contributed by atoms with van der Waals surface area (Å²) in [5.41, 5.74) is 1.25. The molecule has 1 unspecified atom stereocenters. The lowest BCUT2D eigenvalue weighted by molar-refractivity contribution is 0.788. The smallest absolute Gasteiger partial charge is 0.126 e. The molecule has 3 nitrogen and oxygen atoms in total. The third-order valence-corrected chi connectivity index (χ3v) is 2.33. The van der Waals surface area contributed by atoms with Crippen LogP contribution in [0.3, 0.4) is 0 Å². The Labute approximate surface area is 78.6 Å². The quantitative estimate of drug-likeness (QED) is 0.712. The molecule has 3 heteroatoms. The normalized spacial score (nSPS) is 21.8. The number of anilines is 1. The summed E-state index contributed by atoms with van der Waals surface area (Å²) in [6.45, 7) is 4.25. The molecule has 70 valence electrons. The Hall–Kier alpha value is -1.09. The van der Waals surface area contributed by atoms with E-state index in [1.54, 1.807) is 0 Å². The summed E-state index contributed by atoms with van der Waals surface area (Å²) in [4.78, 5) is 4.26. The molecule has 13 heavy (non-hydrogen) atoms. The predicted octanol–water partition coefficient (Wildman–Crippen LogP) is 1.16. The second-order valence-corrected chi connectivity index (χ2v) is 3.55. The van der Waals surface area contributed by atoms with E-state index in [0.29, 0.717) is 6.04 Å². The maximum absolute atomic E-state index is 4.26. The topological polar surface area (TPSA) is 37.0 Å². The van der Waals surface area contributed by atoms with Crippen LogP contribution < -0.4 is 10.6 Å². The molecule has 0 aromatic carbocycles. The third-order valence-electron chi connectivity index (χ3n) is 2.33. The average molecular weight is 177 g/mol. The van der Waals surface area contributed by atoms with Gasteiger partial charge in [0, 0.05) is 18.8 Å². The van der Waals surface area contributed by atoms with E-state index >= 15 is 0 Å². The zero-order valence-corrected chi connectivity index (χ0v) is 7.88. The van der Waals surface area contributed by atoms with Crippen LogP contribution in [0.2, 0.25) is 0 Å². The number of hydrogen-bond acceptors (Lipinski definition) is 3. The SMILES string of the molecule is Cc1ccnc(NC2CCNC2)c1. The van der Waals surface area contributed by atoms with Crippen molar-refractivity contribution in [3.05, 3.63) is 23.9 Å². The minimum atomic E-state index is 0.550. The Bertz CT molecular complexity index is 279. The number of aryl methyl sites for hydroxylation is 1. The Kier molecular flexibility index (Phi) is 2.45. The second-order valence-electron chi connectivity index (χ2n) is 3.55. The lowest BCUT2D eigenvalue weighted by atomic mass is 10.2. The van der Waals surface area contributed by atoms with Crippen molar-refractivity contribution in [2.75, 3.05) is 18.4 Å². The monoisotopic (exact) mass is 177 g/mol. The van der Waals surface area contributed by atoms with Crippen LogP contribution >= 0.6 is 0 Å². The number of aromatic nitrogens is 1. The standard InChI is InChI=1S/C10H15N3/c1-8-2-5-12-10(6-8)13-9-3-4-11-7-9/h2,5-6,9,11H,3-4,7H2,1H3,(H,12,13). The molecular formula is C10H15N3. The van der Waals surface area contributed by atoms with Crippen molar-refractivity contribution < 1.29 is 0 Å². The van der Waals surface area contributed by atoms with Gasteiger partial charge in [-0.1, -0.05) is 0 Å². The van der Waals surface area contributed by atoms with E-state index in [-0.39, 0.29) is 0 Å². The van der Waals surface area contributed by atoms with E-state index in [9.17, 15) is 0 Å². The van der Waals surface area contributed by atoms with Gasteiger partial charge in [-0.15, -0.1) is 0 Å². The van der Waals surface area contributed by atoms with Gasteiger partial charge in [-0.3, -0.25) is 0 Å². The van der Waals surface area contributed by atoms with E-state index < -0.39 is 0 Å². The van der Waals surface area contributed by atoms with E-state index in [4.69, 9.17) is 0 Å². The number of hydrogen-bond donors (Lipinski definition) is 2. The number of rotatable bonds is 2. The van der Waals surface area contributed by atoms with Gasteiger partial charge >= 0.3 is 0 Å². The van der Waals surface area contributed by atoms with Gasteiger partial charge in [-0.05, 0) is 37.6 Å². The first-order valence-corrected chi connectivity index (χ1v) is 4.74. The maximum Gasteiger partial charge on any atom is 0.126 e. The Balaban J connectivity index is 2.00. The zero-order chi connectivity index (χ0) is 9.10. The van der Waals surface area contributed by atoms with E-state index in [0.717, 1.165) is 18.9 Å². The molecule has 1 atom stereocenters. The van der Waals surface area contributed by atoms with E-state index in [1.807, 2.05) is 12.3 Å². The molecule has 1 aliphatic rings. The van der Waals surface area contributed by atoms with Crippen molar-refractivity contribution >= 4 is 5.82 Å². The van der Waals surface area contributed by atoms with Crippen molar-refractivity contribution in [1.29, 1.82) is 0 Å². The van der Waals surface area contributed by atoms with Crippen LogP contribution in [0.1, 0.15) is 12.0 Å². The molecule has 1 fully saturated rings. The fourth-order valence-electron chi connectivity index (χ4n) is 1.60. The highest BCUT2D eigenvalue weighted by molar-refractivity contribution is 5.38. The van der Waals surface area contributed by atoms with E-state index in [1.165, 1.54) is 12.0 Å². The van der Waals surface area contributed by atoms with Crippen molar-refractivity contribution in [3.63, 3.8) is 0 Å². The van der Waals surface area contributed by atoms with Crippen LogP contribution in [0, 0.1) is 6.92 Å². The molecular weight excluding hydrogens is 162 g/mol. The molecule has 0 spiro atoms. The van der Waals surface area contributed by atoms with Crippen LogP contribution in [0.5, 0.6) is 0 Å². The summed E-state index contributed by atoms with van der Waals surface area (Å²) < 4.78 is 0. The highest BCUT2D eigenvalue weighted by atomic mass is 15.1. The van der Waals surface area contributed by atoms with Crippen LogP contribution in [0.4, 0.5) is 5.82 Å². The molecule has 0 radical (unpaired) electrons. The van der Waals surface area contributed by atoms with Crippen LogP contribution in [0.25, 0.3) is 0 Å². The molecule has 0 bridgehead atoms. The first-order chi connectivity index (χ1) is 6.34. The minimum absolute atomic E-state index is 0.550. The van der Waals surface area contributed by atoms with Gasteiger partial charge in [-0.25, -0.2) is 4.98 Å². The molecule has 0 aliphatic carbocycles. The Morgan fingerprint density at radius 2 is 2.54 bits per heavy atom. The van der Waals surface area contributed by atoms with Crippen LogP contribution in [-0.2, 0) is 0 Å². The highest BCUT2D eigenvalue weighted by Gasteiger charge is 2.13. The Morgan fingerprint density at radius 1 is 1.62 bits per heavy atom. The maximum atomic E-state index is 4.26. The number of pyridine rings is 1. The van der Waals surface area contributed by atoms with Gasteiger partial charge in [0.1, 0.15) is 5.82 Å². The van der Waals surface area contributed by atoms with Crippen LogP contribution in [0.15, 0.2) is 18.3 Å². The molecule has 2 rings (SSSR count). The van der Waals surface area contributed by atoms with Gasteiger partial charge in [0.25, 0.3) is 0 Å². The molecule has 1 aromatic rings. The van der Waals surface area contributed by atoms with Crippen LogP contribution in [-0.4, -0.2) is 24.1 Å². The number of nitrogens with one attached hydrogen (secondary N) is 2. The van der Waals surface area contributed by atoms with Crippen molar-refractivity contribution in [2.45, 2.75) is 19.4 Å². The predicted molar refractivity (Wildman–Crippen MR) is 53.9 cm³/mol. The summed E-state index contributed by atoms with van der Waals surface area (Å²) >= 11 is 0. The summed E-state index contributed by atoms with van der Waals surface area (Å²) in [5.74, 6) is 0.994. The minimum Gasteiger partial charge on any atom is -0.366 e. The lowest BCUT2D eigenvalue weighted by Gasteiger charge is -2.11. The van der Waals surface area contributed by atoms with Gasteiger partial charge in [0.15, 0.2) is 0 Å². The summed E-state index contributed by atoms with van der Waals surface area (Å²) in [6.07, 6.45) is 3.04. The molecule has 1 saturated heterocycles. The molecule has 0 saturated carbocycles. The summed E-state index contributed by atoms with van der Waals surface area (Å²) in [6, 6.07) is 4.64.